The Hall–Kier alpha value is -6.13. The van der Waals surface area contributed by atoms with Crippen LogP contribution in [0.25, 0.3) is 31.0 Å². The largest absolute Gasteiger partial charge is 0.508 e. The van der Waals surface area contributed by atoms with Crippen molar-refractivity contribution in [1.82, 2.24) is 25.4 Å². The second-order valence-electron chi connectivity index (χ2n) is 20.3. The van der Waals surface area contributed by atoms with Crippen molar-refractivity contribution in [3.8, 4) is 38.1 Å². The summed E-state index contributed by atoms with van der Waals surface area (Å²) in [6.07, 6.45) is 6.64. The van der Waals surface area contributed by atoms with Gasteiger partial charge in [0.1, 0.15) is 35.9 Å². The summed E-state index contributed by atoms with van der Waals surface area (Å²) in [5, 5.41) is 37.5. The van der Waals surface area contributed by atoms with Crippen molar-refractivity contribution in [2.75, 3.05) is 32.8 Å². The SMILES string of the molecule is CCN(CCCCCCCCCC(=O)N[C@H](C(=O)N1C[C@@H](O)C[C@H]1C(=O)N[C@@H](C)c1ccc(-c2scnc2C)cc1)C(C)(C)C)CCOc1ccc(C(=O)c2c(-c3ccc(O)cc3)sc3cc(O)ccc23)cc1. The van der Waals surface area contributed by atoms with Gasteiger partial charge in [-0.25, -0.2) is 4.98 Å². The van der Waals surface area contributed by atoms with Gasteiger partial charge in [0.2, 0.25) is 17.7 Å². The van der Waals surface area contributed by atoms with E-state index in [1.807, 2.05) is 76.5 Å². The average molecular weight is 1030 g/mol. The molecule has 1 aliphatic heterocycles. The molecule has 1 saturated heterocycles. The molecule has 3 amide bonds. The summed E-state index contributed by atoms with van der Waals surface area (Å²) in [6, 6.07) is 25.0. The van der Waals surface area contributed by atoms with Crippen LogP contribution in [0.3, 0.4) is 0 Å². The number of thiazole rings is 1. The molecule has 6 aromatic rings. The van der Waals surface area contributed by atoms with E-state index in [-0.39, 0.29) is 54.0 Å². The van der Waals surface area contributed by atoms with E-state index in [1.165, 1.54) is 16.2 Å². The zero-order valence-electron chi connectivity index (χ0n) is 43.0. The first-order chi connectivity index (χ1) is 35.0. The molecule has 0 bridgehead atoms. The molecule has 0 radical (unpaired) electrons. The van der Waals surface area contributed by atoms with Crippen LogP contribution in [0.4, 0.5) is 0 Å². The molecule has 2 aromatic heterocycles. The maximum Gasteiger partial charge on any atom is 0.246 e. The number of β-amino-alcohol motifs (C(OH)–C–C–N with tert-alkyl or cyclic N) is 1. The van der Waals surface area contributed by atoms with E-state index in [9.17, 15) is 34.5 Å². The van der Waals surface area contributed by atoms with E-state index < -0.39 is 23.6 Å². The number of ether oxygens (including phenoxy) is 1. The van der Waals surface area contributed by atoms with Gasteiger partial charge in [-0.3, -0.25) is 19.2 Å². The van der Waals surface area contributed by atoms with Gasteiger partial charge in [0.25, 0.3) is 0 Å². The number of carbonyl (C=O) groups is 4. The minimum Gasteiger partial charge on any atom is -0.508 e. The maximum atomic E-state index is 14.1. The Morgan fingerprint density at radius 1 is 0.822 bits per heavy atom. The number of likely N-dealkylation sites (N-methyl/N-ethyl adjacent to an activating group) is 1. The molecule has 0 spiro atoms. The van der Waals surface area contributed by atoms with Crippen LogP contribution in [0.15, 0.2) is 96.5 Å². The molecule has 13 nitrogen and oxygen atoms in total. The third kappa shape index (κ3) is 14.3. The average Bonchev–Trinajstić information content (AvgIpc) is 4.10. The Morgan fingerprint density at radius 3 is 2.12 bits per heavy atom. The lowest BCUT2D eigenvalue weighted by atomic mass is 9.85. The number of fused-ring (bicyclic) bond motifs is 1. The van der Waals surface area contributed by atoms with Gasteiger partial charge in [-0.1, -0.05) is 84.1 Å². The van der Waals surface area contributed by atoms with E-state index >= 15 is 0 Å². The van der Waals surface area contributed by atoms with E-state index in [0.717, 1.165) is 107 Å². The third-order valence-corrected chi connectivity index (χ3v) is 15.9. The Balaban J connectivity index is 0.781. The number of hydrogen-bond donors (Lipinski definition) is 5. The van der Waals surface area contributed by atoms with Crippen LogP contribution in [-0.4, -0.2) is 105 Å². The number of phenolic OH excluding ortho intramolecular Hbond substituents is 2. The Labute approximate surface area is 437 Å². The first-order valence-corrected chi connectivity index (χ1v) is 27.3. The number of rotatable bonds is 24. The molecule has 4 atom stereocenters. The molecular formula is C58H71N5O8S2. The van der Waals surface area contributed by atoms with E-state index in [2.05, 4.69) is 27.4 Å². The highest BCUT2D eigenvalue weighted by molar-refractivity contribution is 7.22. The van der Waals surface area contributed by atoms with Crippen LogP contribution in [0.1, 0.15) is 126 Å². The molecule has 0 unspecified atom stereocenters. The van der Waals surface area contributed by atoms with Gasteiger partial charge in [-0.15, -0.1) is 22.7 Å². The van der Waals surface area contributed by atoms with Crippen LogP contribution >= 0.6 is 22.7 Å². The predicted molar refractivity (Wildman–Crippen MR) is 291 cm³/mol. The molecule has 7 rings (SSSR count). The summed E-state index contributed by atoms with van der Waals surface area (Å²) in [4.78, 5) is 65.1. The van der Waals surface area contributed by atoms with Crippen LogP contribution in [0.2, 0.25) is 0 Å². The molecule has 1 fully saturated rings. The highest BCUT2D eigenvalue weighted by Gasteiger charge is 2.44. The number of nitrogens with one attached hydrogen (secondary N) is 2. The normalized spacial score (nSPS) is 15.6. The zero-order valence-corrected chi connectivity index (χ0v) is 44.6. The van der Waals surface area contributed by atoms with Crippen molar-refractivity contribution in [3.63, 3.8) is 0 Å². The summed E-state index contributed by atoms with van der Waals surface area (Å²) in [6.45, 7) is 14.9. The molecule has 5 N–H and O–H groups in total. The quantitative estimate of drug-likeness (QED) is 0.0289. The minimum atomic E-state index is -0.857. The molecule has 388 valence electrons. The van der Waals surface area contributed by atoms with Crippen LogP contribution < -0.4 is 15.4 Å². The van der Waals surface area contributed by atoms with Gasteiger partial charge in [-0.2, -0.15) is 0 Å². The Bertz CT molecular complexity index is 2800. The summed E-state index contributed by atoms with van der Waals surface area (Å²) >= 11 is 3.02. The third-order valence-electron chi connectivity index (χ3n) is 13.7. The number of aliphatic hydroxyl groups is 1. The number of amides is 3. The van der Waals surface area contributed by atoms with Crippen LogP contribution in [-0.2, 0) is 14.4 Å². The van der Waals surface area contributed by atoms with Gasteiger partial charge in [0.15, 0.2) is 5.78 Å². The maximum absolute atomic E-state index is 14.1. The lowest BCUT2D eigenvalue weighted by Crippen LogP contribution is -2.57. The number of likely N-dealkylation sites (tertiary alicyclic amines) is 1. The standard InChI is InChI=1S/C58H71N5O8S2/c1-7-62(31-32-71-46-27-22-40(23-28-46)52(68)51-47-29-26-44(65)34-49(47)73-54(51)42-20-24-43(64)25-21-42)30-14-12-10-8-9-11-13-15-50(67)61-55(58(4,5)6)57(70)63-35-45(66)33-48(63)56(69)60-37(2)39-16-18-41(19-17-39)53-38(3)59-36-72-53/h16-29,34,36-37,45,48,55,64-66H,7-15,30-33,35H2,1-6H3,(H,60,69)(H,61,67)/t37-,45-,48-,55+/m0/s1. The number of aromatic nitrogens is 1. The number of aliphatic hydroxyl groups excluding tert-OH is 1. The first kappa shape index (κ1) is 54.6. The number of unbranched alkanes of at least 4 members (excludes halogenated alkanes) is 6. The fourth-order valence-electron chi connectivity index (χ4n) is 9.45. The zero-order chi connectivity index (χ0) is 52.2. The van der Waals surface area contributed by atoms with Gasteiger partial charge in [0.05, 0.1) is 28.2 Å². The molecule has 0 saturated carbocycles. The number of benzene rings is 4. The first-order valence-electron chi connectivity index (χ1n) is 25.6. The van der Waals surface area contributed by atoms with Crippen LogP contribution in [0.5, 0.6) is 17.2 Å². The molecule has 15 heteroatoms. The molecule has 3 heterocycles. The lowest BCUT2D eigenvalue weighted by molar-refractivity contribution is -0.144. The minimum absolute atomic E-state index is 0.0268. The smallest absolute Gasteiger partial charge is 0.246 e. The van der Waals surface area contributed by atoms with Gasteiger partial charge in [0, 0.05) is 52.0 Å². The fraction of sp³-hybridized carbons (Fsp3) is 0.431. The number of carbonyl (C=O) groups excluding carboxylic acids is 4. The van der Waals surface area contributed by atoms with E-state index in [4.69, 9.17) is 4.74 Å². The number of aromatic hydroxyl groups is 2. The predicted octanol–water partition coefficient (Wildman–Crippen LogP) is 10.8. The summed E-state index contributed by atoms with van der Waals surface area (Å²) in [5.74, 6) is -0.0445. The van der Waals surface area contributed by atoms with Crippen LogP contribution in [0, 0.1) is 12.3 Å². The second kappa shape index (κ2) is 25.2. The van der Waals surface area contributed by atoms with Gasteiger partial charge >= 0.3 is 0 Å². The molecule has 1 aliphatic rings. The highest BCUT2D eigenvalue weighted by Crippen LogP contribution is 2.42. The number of phenols is 2. The molecule has 0 aliphatic carbocycles. The van der Waals surface area contributed by atoms with Gasteiger partial charge in [-0.05, 0) is 129 Å². The molecule has 73 heavy (non-hydrogen) atoms. The number of thiophene rings is 1. The van der Waals surface area contributed by atoms with Crippen molar-refractivity contribution in [2.45, 2.75) is 124 Å². The molecular weight excluding hydrogens is 959 g/mol. The fourth-order valence-corrected chi connectivity index (χ4v) is 11.5. The number of aryl methyl sites for hydroxylation is 1. The van der Waals surface area contributed by atoms with E-state index in [0.29, 0.717) is 29.9 Å². The Morgan fingerprint density at radius 2 is 1.47 bits per heavy atom. The number of ketones is 1. The molecule has 4 aromatic carbocycles. The van der Waals surface area contributed by atoms with Crippen molar-refractivity contribution in [2.24, 2.45) is 5.41 Å². The highest BCUT2D eigenvalue weighted by atomic mass is 32.1. The van der Waals surface area contributed by atoms with Gasteiger partial charge < -0.3 is 40.5 Å². The van der Waals surface area contributed by atoms with Crippen molar-refractivity contribution < 1.29 is 39.2 Å². The topological polar surface area (TPSA) is 182 Å². The Kier molecular flexibility index (Phi) is 18.9. The number of nitrogens with zero attached hydrogens (tertiary/aromatic N) is 3. The van der Waals surface area contributed by atoms with Crippen molar-refractivity contribution in [1.29, 1.82) is 0 Å². The summed E-state index contributed by atoms with van der Waals surface area (Å²) in [5.41, 5.74) is 6.06. The van der Waals surface area contributed by atoms with E-state index in [1.54, 1.807) is 65.9 Å². The van der Waals surface area contributed by atoms with Crippen molar-refractivity contribution >= 4 is 56.3 Å². The summed E-state index contributed by atoms with van der Waals surface area (Å²) < 4.78 is 6.91. The van der Waals surface area contributed by atoms with Crippen molar-refractivity contribution in [3.05, 3.63) is 119 Å². The summed E-state index contributed by atoms with van der Waals surface area (Å²) in [7, 11) is 0. The monoisotopic (exact) mass is 1030 g/mol. The number of hydrogen-bond acceptors (Lipinski definition) is 12. The second-order valence-corrected chi connectivity index (χ2v) is 22.2. The lowest BCUT2D eigenvalue weighted by Gasteiger charge is -2.35.